The Kier molecular flexibility index (Phi) is 3.25. The lowest BCUT2D eigenvalue weighted by Gasteiger charge is -2.18. The van der Waals surface area contributed by atoms with E-state index in [9.17, 15) is 4.79 Å². The maximum Gasteiger partial charge on any atom is 0.195 e. The van der Waals surface area contributed by atoms with Crippen molar-refractivity contribution < 1.29 is 14.3 Å². The molecule has 1 heterocycles. The third-order valence-electron chi connectivity index (χ3n) is 3.17. The van der Waals surface area contributed by atoms with Crippen molar-refractivity contribution in [2.75, 3.05) is 6.61 Å². The van der Waals surface area contributed by atoms with E-state index < -0.39 is 0 Å². The third kappa shape index (κ3) is 2.43. The number of benzene rings is 2. The summed E-state index contributed by atoms with van der Waals surface area (Å²) in [5.74, 6) is 1.17. The van der Waals surface area contributed by atoms with E-state index in [1.165, 1.54) is 0 Å². The van der Waals surface area contributed by atoms with E-state index >= 15 is 0 Å². The molecular weight excluding hydrogens is 252 g/mol. The van der Waals surface area contributed by atoms with Gasteiger partial charge in [0.2, 0.25) is 0 Å². The normalized spacial score (nSPS) is 13.6. The summed E-state index contributed by atoms with van der Waals surface area (Å²) in [5, 5.41) is 0. The maximum atomic E-state index is 12.0. The van der Waals surface area contributed by atoms with E-state index in [0.29, 0.717) is 29.2 Å². The van der Waals surface area contributed by atoms with Gasteiger partial charge in [0.25, 0.3) is 0 Å². The van der Waals surface area contributed by atoms with E-state index in [0.717, 1.165) is 5.56 Å². The number of ketones is 1. The van der Waals surface area contributed by atoms with Gasteiger partial charge in [-0.3, -0.25) is 4.79 Å². The number of ether oxygens (including phenoxy) is 2. The van der Waals surface area contributed by atoms with Crippen LogP contribution in [0, 0.1) is 0 Å². The maximum absolute atomic E-state index is 12.0. The zero-order valence-electron chi connectivity index (χ0n) is 11.0. The Hall–Kier alpha value is -2.55. The molecule has 0 N–H and O–H groups in total. The SMILES string of the molecule is C=C1COc2ccc(OCc3ccccc3)cc2C1=O. The van der Waals surface area contributed by atoms with Crippen molar-refractivity contribution in [3.8, 4) is 11.5 Å². The third-order valence-corrected chi connectivity index (χ3v) is 3.17. The van der Waals surface area contributed by atoms with Crippen LogP contribution in [0.2, 0.25) is 0 Å². The lowest BCUT2D eigenvalue weighted by Crippen LogP contribution is -2.18. The number of fused-ring (bicyclic) bond motifs is 1. The first kappa shape index (κ1) is 12.5. The Morgan fingerprint density at radius 1 is 1.15 bits per heavy atom. The average Bonchev–Trinajstić information content (AvgIpc) is 2.50. The quantitative estimate of drug-likeness (QED) is 0.799. The smallest absolute Gasteiger partial charge is 0.195 e. The molecule has 20 heavy (non-hydrogen) atoms. The van der Waals surface area contributed by atoms with Crippen LogP contribution in [0.4, 0.5) is 0 Å². The van der Waals surface area contributed by atoms with Crippen LogP contribution in [0.15, 0.2) is 60.7 Å². The molecule has 0 bridgehead atoms. The number of Topliss-reactive ketones (excluding diaryl/α,β-unsaturated/α-hetero) is 1. The Morgan fingerprint density at radius 2 is 1.95 bits per heavy atom. The second kappa shape index (κ2) is 5.21. The zero-order chi connectivity index (χ0) is 13.9. The molecule has 0 saturated heterocycles. The summed E-state index contributed by atoms with van der Waals surface area (Å²) in [6.45, 7) is 4.43. The molecule has 0 aromatic heterocycles. The number of rotatable bonds is 3. The Balaban J connectivity index is 1.79. The van der Waals surface area contributed by atoms with Gasteiger partial charge in [-0.25, -0.2) is 0 Å². The van der Waals surface area contributed by atoms with Crippen molar-refractivity contribution in [2.24, 2.45) is 0 Å². The van der Waals surface area contributed by atoms with E-state index in [1.807, 2.05) is 36.4 Å². The molecule has 1 aliphatic heterocycles. The lowest BCUT2D eigenvalue weighted by molar-refractivity contribution is 0.0999. The molecule has 0 amide bonds. The van der Waals surface area contributed by atoms with Crippen LogP contribution in [-0.2, 0) is 6.61 Å². The van der Waals surface area contributed by atoms with Crippen LogP contribution in [0.25, 0.3) is 0 Å². The van der Waals surface area contributed by atoms with Crippen LogP contribution >= 0.6 is 0 Å². The first-order valence-corrected chi connectivity index (χ1v) is 6.40. The summed E-state index contributed by atoms with van der Waals surface area (Å²) in [4.78, 5) is 12.0. The van der Waals surface area contributed by atoms with Crippen molar-refractivity contribution in [3.05, 3.63) is 71.8 Å². The Labute approximate surface area is 117 Å². The molecule has 3 heteroatoms. The van der Waals surface area contributed by atoms with Gasteiger partial charge in [0.05, 0.1) is 5.56 Å². The fourth-order valence-electron chi connectivity index (χ4n) is 2.06. The van der Waals surface area contributed by atoms with E-state index in [-0.39, 0.29) is 12.4 Å². The first-order valence-electron chi connectivity index (χ1n) is 6.40. The lowest BCUT2D eigenvalue weighted by atomic mass is 10.0. The molecule has 100 valence electrons. The molecule has 0 atom stereocenters. The predicted octanol–water partition coefficient (Wildman–Crippen LogP) is 3.40. The summed E-state index contributed by atoms with van der Waals surface area (Å²) in [6.07, 6.45) is 0. The topological polar surface area (TPSA) is 35.5 Å². The van der Waals surface area contributed by atoms with Crippen molar-refractivity contribution >= 4 is 5.78 Å². The highest BCUT2D eigenvalue weighted by atomic mass is 16.5. The van der Waals surface area contributed by atoms with Crippen molar-refractivity contribution in [3.63, 3.8) is 0 Å². The molecule has 3 nitrogen and oxygen atoms in total. The second-order valence-electron chi connectivity index (χ2n) is 4.65. The van der Waals surface area contributed by atoms with Gasteiger partial charge in [0, 0.05) is 5.57 Å². The van der Waals surface area contributed by atoms with E-state index in [4.69, 9.17) is 9.47 Å². The van der Waals surface area contributed by atoms with Crippen LogP contribution in [-0.4, -0.2) is 12.4 Å². The molecule has 0 fully saturated rings. The van der Waals surface area contributed by atoms with Gasteiger partial charge in [-0.15, -0.1) is 0 Å². The highest BCUT2D eigenvalue weighted by Gasteiger charge is 2.22. The summed E-state index contributed by atoms with van der Waals surface area (Å²) < 4.78 is 11.2. The molecule has 2 aromatic rings. The highest BCUT2D eigenvalue weighted by molar-refractivity contribution is 6.11. The van der Waals surface area contributed by atoms with Gasteiger partial charge < -0.3 is 9.47 Å². The van der Waals surface area contributed by atoms with Crippen LogP contribution < -0.4 is 9.47 Å². The molecular formula is C17H14O3. The number of carbonyl (C=O) groups is 1. The summed E-state index contributed by atoms with van der Waals surface area (Å²) >= 11 is 0. The van der Waals surface area contributed by atoms with Crippen LogP contribution in [0.5, 0.6) is 11.5 Å². The fourth-order valence-corrected chi connectivity index (χ4v) is 2.06. The standard InChI is InChI=1S/C17H14O3/c1-12-10-20-16-8-7-14(9-15(16)17(12)18)19-11-13-5-3-2-4-6-13/h2-9H,1,10-11H2. The number of hydrogen-bond acceptors (Lipinski definition) is 3. The monoisotopic (exact) mass is 266 g/mol. The van der Waals surface area contributed by atoms with Crippen molar-refractivity contribution in [2.45, 2.75) is 6.61 Å². The van der Waals surface area contributed by atoms with Gasteiger partial charge in [-0.05, 0) is 23.8 Å². The van der Waals surface area contributed by atoms with Gasteiger partial charge >= 0.3 is 0 Å². The molecule has 0 aliphatic carbocycles. The Morgan fingerprint density at radius 3 is 2.75 bits per heavy atom. The molecule has 0 unspecified atom stereocenters. The van der Waals surface area contributed by atoms with Gasteiger partial charge in [0.15, 0.2) is 5.78 Å². The molecule has 1 aliphatic rings. The Bertz CT molecular complexity index is 659. The van der Waals surface area contributed by atoms with Gasteiger partial charge in [0.1, 0.15) is 24.7 Å². The minimum Gasteiger partial charge on any atom is -0.489 e. The van der Waals surface area contributed by atoms with Crippen LogP contribution in [0.1, 0.15) is 15.9 Å². The highest BCUT2D eigenvalue weighted by Crippen LogP contribution is 2.30. The van der Waals surface area contributed by atoms with Gasteiger partial charge in [-0.2, -0.15) is 0 Å². The molecule has 0 spiro atoms. The zero-order valence-corrected chi connectivity index (χ0v) is 11.0. The summed E-state index contributed by atoms with van der Waals surface area (Å²) in [6, 6.07) is 15.2. The van der Waals surface area contributed by atoms with Crippen molar-refractivity contribution in [1.29, 1.82) is 0 Å². The van der Waals surface area contributed by atoms with E-state index in [1.54, 1.807) is 12.1 Å². The number of hydrogen-bond donors (Lipinski definition) is 0. The average molecular weight is 266 g/mol. The largest absolute Gasteiger partial charge is 0.489 e. The van der Waals surface area contributed by atoms with Crippen LogP contribution in [0.3, 0.4) is 0 Å². The fraction of sp³-hybridized carbons (Fsp3) is 0.118. The summed E-state index contributed by atoms with van der Waals surface area (Å²) in [7, 11) is 0. The van der Waals surface area contributed by atoms with E-state index in [2.05, 4.69) is 6.58 Å². The molecule has 0 radical (unpaired) electrons. The summed E-state index contributed by atoms with van der Waals surface area (Å²) in [5.41, 5.74) is 2.07. The molecule has 0 saturated carbocycles. The number of carbonyl (C=O) groups excluding carboxylic acids is 1. The molecule has 2 aromatic carbocycles. The molecule has 3 rings (SSSR count). The van der Waals surface area contributed by atoms with Crippen molar-refractivity contribution in [1.82, 2.24) is 0 Å². The first-order chi connectivity index (χ1) is 9.74. The second-order valence-corrected chi connectivity index (χ2v) is 4.65. The van der Waals surface area contributed by atoms with Gasteiger partial charge in [-0.1, -0.05) is 36.9 Å². The minimum absolute atomic E-state index is 0.0728. The predicted molar refractivity (Wildman–Crippen MR) is 76.2 cm³/mol. The minimum atomic E-state index is -0.0728.